The fraction of sp³-hybridized carbons (Fsp3) is 0.750. The van der Waals surface area contributed by atoms with Gasteiger partial charge < -0.3 is 21.3 Å². The van der Waals surface area contributed by atoms with Gasteiger partial charge in [-0.15, -0.1) is 0 Å². The van der Waals surface area contributed by atoms with Gasteiger partial charge in [-0.05, 0) is 14.0 Å². The van der Waals surface area contributed by atoms with Crippen LogP contribution >= 0.6 is 0 Å². The van der Waals surface area contributed by atoms with Gasteiger partial charge in [-0.1, -0.05) is 0 Å². The van der Waals surface area contributed by atoms with Gasteiger partial charge in [0.1, 0.15) is 6.04 Å². The standard InChI is InChI=1S/C8H19N5O/c1-6(7(14)11-3)12-8(9)13(4)5-10-2/h6,10H,5H2,1-4H3,(H2,9,12)(H,11,14). The lowest BCUT2D eigenvalue weighted by Crippen LogP contribution is -2.41. The molecule has 0 heterocycles. The van der Waals surface area contributed by atoms with E-state index in [1.54, 1.807) is 25.9 Å². The first-order valence-corrected chi connectivity index (χ1v) is 4.43. The van der Waals surface area contributed by atoms with E-state index in [9.17, 15) is 4.79 Å². The Morgan fingerprint density at radius 1 is 1.57 bits per heavy atom. The van der Waals surface area contributed by atoms with Crippen LogP contribution in [0.15, 0.2) is 4.99 Å². The molecule has 0 bridgehead atoms. The van der Waals surface area contributed by atoms with E-state index < -0.39 is 6.04 Å². The van der Waals surface area contributed by atoms with Gasteiger partial charge in [0, 0.05) is 14.1 Å². The van der Waals surface area contributed by atoms with Crippen LogP contribution in [-0.2, 0) is 4.79 Å². The Morgan fingerprint density at radius 3 is 2.57 bits per heavy atom. The zero-order valence-corrected chi connectivity index (χ0v) is 9.16. The van der Waals surface area contributed by atoms with E-state index in [1.807, 2.05) is 7.05 Å². The second kappa shape index (κ2) is 6.20. The monoisotopic (exact) mass is 201 g/mol. The molecular formula is C8H19N5O. The summed E-state index contributed by atoms with van der Waals surface area (Å²) in [6.07, 6.45) is 0. The molecule has 0 aromatic heterocycles. The number of amides is 1. The highest BCUT2D eigenvalue weighted by Gasteiger charge is 2.10. The largest absolute Gasteiger partial charge is 0.370 e. The van der Waals surface area contributed by atoms with Crippen molar-refractivity contribution in [2.45, 2.75) is 13.0 Å². The number of aliphatic imine (C=N–C) groups is 1. The number of carbonyl (C=O) groups excluding carboxylic acids is 1. The van der Waals surface area contributed by atoms with E-state index in [-0.39, 0.29) is 5.91 Å². The number of hydrogen-bond donors (Lipinski definition) is 3. The van der Waals surface area contributed by atoms with Gasteiger partial charge in [0.2, 0.25) is 5.91 Å². The summed E-state index contributed by atoms with van der Waals surface area (Å²) in [6, 6.07) is -0.459. The van der Waals surface area contributed by atoms with Crippen molar-refractivity contribution in [1.82, 2.24) is 15.5 Å². The van der Waals surface area contributed by atoms with E-state index in [2.05, 4.69) is 15.6 Å². The molecule has 0 aromatic carbocycles. The maximum absolute atomic E-state index is 11.1. The molecule has 1 amide bonds. The second-order valence-electron chi connectivity index (χ2n) is 2.99. The van der Waals surface area contributed by atoms with E-state index in [1.165, 1.54) is 0 Å². The Labute approximate surface area is 84.6 Å². The Morgan fingerprint density at radius 2 is 2.14 bits per heavy atom. The number of nitrogens with zero attached hydrogens (tertiary/aromatic N) is 2. The predicted molar refractivity (Wildman–Crippen MR) is 56.8 cm³/mol. The van der Waals surface area contributed by atoms with Crippen molar-refractivity contribution in [1.29, 1.82) is 0 Å². The fourth-order valence-electron chi connectivity index (χ4n) is 0.883. The molecule has 0 rings (SSSR count). The summed E-state index contributed by atoms with van der Waals surface area (Å²) in [5.74, 6) is 0.196. The normalized spacial score (nSPS) is 13.6. The number of guanidine groups is 1. The van der Waals surface area contributed by atoms with E-state index in [4.69, 9.17) is 5.73 Å². The number of hydrogen-bond acceptors (Lipinski definition) is 3. The zero-order chi connectivity index (χ0) is 11.1. The van der Waals surface area contributed by atoms with Gasteiger partial charge in [-0.25, -0.2) is 4.99 Å². The summed E-state index contributed by atoms with van der Waals surface area (Å²) >= 11 is 0. The molecule has 0 saturated carbocycles. The summed E-state index contributed by atoms with van der Waals surface area (Å²) in [4.78, 5) is 16.9. The molecule has 6 heteroatoms. The highest BCUT2D eigenvalue weighted by Crippen LogP contribution is 1.90. The van der Waals surface area contributed by atoms with Crippen LogP contribution in [0.3, 0.4) is 0 Å². The van der Waals surface area contributed by atoms with Crippen molar-refractivity contribution in [3.8, 4) is 0 Å². The van der Waals surface area contributed by atoms with Gasteiger partial charge >= 0.3 is 0 Å². The molecule has 14 heavy (non-hydrogen) atoms. The van der Waals surface area contributed by atoms with Crippen LogP contribution < -0.4 is 16.4 Å². The molecule has 0 radical (unpaired) electrons. The lowest BCUT2D eigenvalue weighted by molar-refractivity contribution is -0.121. The number of nitrogens with two attached hydrogens (primary N) is 1. The van der Waals surface area contributed by atoms with Crippen LogP contribution in [0.4, 0.5) is 0 Å². The Hall–Kier alpha value is -1.30. The summed E-state index contributed by atoms with van der Waals surface area (Å²) in [7, 11) is 5.18. The van der Waals surface area contributed by atoms with Gasteiger partial charge in [-0.2, -0.15) is 0 Å². The van der Waals surface area contributed by atoms with Gasteiger partial charge in [-0.3, -0.25) is 4.79 Å². The lowest BCUT2D eigenvalue weighted by atomic mass is 10.3. The average molecular weight is 201 g/mol. The first-order chi connectivity index (χ1) is 6.52. The van der Waals surface area contributed by atoms with Crippen LogP contribution in [-0.4, -0.2) is 50.6 Å². The van der Waals surface area contributed by atoms with E-state index in [0.717, 1.165) is 0 Å². The zero-order valence-electron chi connectivity index (χ0n) is 9.16. The molecule has 6 nitrogen and oxygen atoms in total. The molecule has 0 aliphatic rings. The minimum absolute atomic E-state index is 0.147. The summed E-state index contributed by atoms with van der Waals surface area (Å²) in [5, 5.41) is 5.43. The topological polar surface area (TPSA) is 82.8 Å². The third-order valence-corrected chi connectivity index (χ3v) is 1.74. The molecule has 82 valence electrons. The van der Waals surface area contributed by atoms with Crippen molar-refractivity contribution >= 4 is 11.9 Å². The SMILES string of the molecule is CNCN(C)C(N)=NC(C)C(=O)NC. The van der Waals surface area contributed by atoms with E-state index >= 15 is 0 Å². The Kier molecular flexibility index (Phi) is 5.62. The minimum atomic E-state index is -0.459. The van der Waals surface area contributed by atoms with Crippen LogP contribution in [0.5, 0.6) is 0 Å². The van der Waals surface area contributed by atoms with Crippen LogP contribution in [0.2, 0.25) is 0 Å². The molecule has 0 aliphatic heterocycles. The van der Waals surface area contributed by atoms with Gasteiger partial charge in [0.25, 0.3) is 0 Å². The Balaban J connectivity index is 4.27. The smallest absolute Gasteiger partial charge is 0.244 e. The molecule has 0 aliphatic carbocycles. The summed E-state index contributed by atoms with van der Waals surface area (Å²) in [5.41, 5.74) is 5.65. The van der Waals surface area contributed by atoms with Crippen LogP contribution in [0, 0.1) is 0 Å². The number of likely N-dealkylation sites (N-methyl/N-ethyl adjacent to an activating group) is 1. The average Bonchev–Trinajstić information content (AvgIpc) is 2.16. The highest BCUT2D eigenvalue weighted by molar-refractivity contribution is 5.86. The minimum Gasteiger partial charge on any atom is -0.370 e. The second-order valence-corrected chi connectivity index (χ2v) is 2.99. The summed E-state index contributed by atoms with van der Waals surface area (Å²) in [6.45, 7) is 2.29. The van der Waals surface area contributed by atoms with Gasteiger partial charge in [0.05, 0.1) is 6.67 Å². The van der Waals surface area contributed by atoms with E-state index in [0.29, 0.717) is 12.6 Å². The molecule has 1 unspecified atom stereocenters. The molecule has 0 spiro atoms. The quantitative estimate of drug-likeness (QED) is 0.295. The predicted octanol–water partition coefficient (Wildman–Crippen LogP) is -1.46. The highest BCUT2D eigenvalue weighted by atomic mass is 16.2. The van der Waals surface area contributed by atoms with Crippen LogP contribution in [0.25, 0.3) is 0 Å². The number of carbonyl (C=O) groups is 1. The first-order valence-electron chi connectivity index (χ1n) is 4.43. The molecular weight excluding hydrogens is 182 g/mol. The first kappa shape index (κ1) is 12.7. The van der Waals surface area contributed by atoms with Crippen molar-refractivity contribution in [2.75, 3.05) is 27.8 Å². The fourth-order valence-corrected chi connectivity index (χ4v) is 0.883. The maximum atomic E-state index is 11.1. The molecule has 1 atom stereocenters. The third-order valence-electron chi connectivity index (χ3n) is 1.74. The van der Waals surface area contributed by atoms with Crippen molar-refractivity contribution in [3.63, 3.8) is 0 Å². The molecule has 4 N–H and O–H groups in total. The van der Waals surface area contributed by atoms with Gasteiger partial charge in [0.15, 0.2) is 5.96 Å². The number of nitrogens with one attached hydrogen (secondary N) is 2. The third kappa shape index (κ3) is 4.08. The van der Waals surface area contributed by atoms with Crippen molar-refractivity contribution in [2.24, 2.45) is 10.7 Å². The molecule has 0 aromatic rings. The molecule has 0 saturated heterocycles. The van der Waals surface area contributed by atoms with Crippen molar-refractivity contribution in [3.05, 3.63) is 0 Å². The maximum Gasteiger partial charge on any atom is 0.244 e. The van der Waals surface area contributed by atoms with Crippen LogP contribution in [0.1, 0.15) is 6.92 Å². The number of rotatable bonds is 4. The Bertz CT molecular complexity index is 216. The van der Waals surface area contributed by atoms with Crippen molar-refractivity contribution < 1.29 is 4.79 Å². The summed E-state index contributed by atoms with van der Waals surface area (Å²) < 4.78 is 0. The molecule has 0 fully saturated rings. The lowest BCUT2D eigenvalue weighted by Gasteiger charge is -2.18.